The Hall–Kier alpha value is -2.66. The smallest absolute Gasteiger partial charge is 0.275 e. The Balaban J connectivity index is 1.86. The number of carbonyl (C=O) groups is 1. The van der Waals surface area contributed by atoms with Crippen LogP contribution in [0.3, 0.4) is 0 Å². The van der Waals surface area contributed by atoms with Gasteiger partial charge in [0.05, 0.1) is 11.8 Å². The molecule has 0 atom stereocenters. The summed E-state index contributed by atoms with van der Waals surface area (Å²) in [7, 11) is 0. The summed E-state index contributed by atoms with van der Waals surface area (Å²) in [5.74, 6) is -0.489. The van der Waals surface area contributed by atoms with Crippen LogP contribution in [0.15, 0.2) is 53.6 Å². The first-order valence-corrected chi connectivity index (χ1v) is 7.57. The number of amides is 1. The molecule has 5 heteroatoms. The first-order valence-electron chi connectivity index (χ1n) is 6.76. The Morgan fingerprint density at radius 1 is 1.18 bits per heavy atom. The average molecular weight is 310 g/mol. The van der Waals surface area contributed by atoms with E-state index in [9.17, 15) is 9.90 Å². The molecule has 3 rings (SSSR count). The van der Waals surface area contributed by atoms with Gasteiger partial charge in [-0.15, -0.1) is 11.3 Å². The minimum Gasteiger partial charge on any atom is -0.507 e. The summed E-state index contributed by atoms with van der Waals surface area (Å²) in [5, 5.41) is 15.5. The van der Waals surface area contributed by atoms with Crippen LogP contribution in [0.25, 0.3) is 10.8 Å². The maximum Gasteiger partial charge on any atom is 0.275 e. The molecule has 0 aliphatic heterocycles. The number of nitrogens with zero attached hydrogens (tertiary/aromatic N) is 1. The van der Waals surface area contributed by atoms with Crippen molar-refractivity contribution in [3.05, 3.63) is 63.8 Å². The van der Waals surface area contributed by atoms with E-state index in [0.29, 0.717) is 5.39 Å². The molecular formula is C17H14N2O2S. The van der Waals surface area contributed by atoms with E-state index in [2.05, 4.69) is 10.5 Å². The van der Waals surface area contributed by atoms with Crippen molar-refractivity contribution in [3.63, 3.8) is 0 Å². The second kappa shape index (κ2) is 5.99. The van der Waals surface area contributed by atoms with E-state index >= 15 is 0 Å². The number of rotatable bonds is 3. The van der Waals surface area contributed by atoms with Gasteiger partial charge in [-0.25, -0.2) is 5.43 Å². The number of hydrazone groups is 1. The maximum atomic E-state index is 12.3. The fourth-order valence-electron chi connectivity index (χ4n) is 2.23. The second-order valence-corrected chi connectivity index (χ2v) is 6.15. The van der Waals surface area contributed by atoms with Crippen LogP contribution in [-0.4, -0.2) is 17.2 Å². The van der Waals surface area contributed by atoms with Gasteiger partial charge in [0, 0.05) is 9.75 Å². The van der Waals surface area contributed by atoms with Gasteiger partial charge in [-0.05, 0) is 35.9 Å². The Morgan fingerprint density at radius 3 is 2.77 bits per heavy atom. The number of benzene rings is 2. The van der Waals surface area contributed by atoms with Gasteiger partial charge in [0.1, 0.15) is 5.75 Å². The highest BCUT2D eigenvalue weighted by molar-refractivity contribution is 7.13. The molecule has 1 aromatic heterocycles. The standard InChI is InChI=1S/C17H14N2O2S/c1-11-6-8-13(22-11)10-18-19-17(21)16-14-5-3-2-4-12(14)7-9-15(16)20/h2-10,20H,1H3,(H,19,21)/b18-10+. The van der Waals surface area contributed by atoms with Crippen LogP contribution in [0.4, 0.5) is 0 Å². The van der Waals surface area contributed by atoms with Gasteiger partial charge < -0.3 is 5.11 Å². The topological polar surface area (TPSA) is 61.7 Å². The van der Waals surface area contributed by atoms with Gasteiger partial charge >= 0.3 is 0 Å². The van der Waals surface area contributed by atoms with Crippen LogP contribution in [0.5, 0.6) is 5.75 Å². The van der Waals surface area contributed by atoms with E-state index in [4.69, 9.17) is 0 Å². The van der Waals surface area contributed by atoms with Gasteiger partial charge in [0.2, 0.25) is 0 Å². The Kier molecular flexibility index (Phi) is 3.89. The Bertz CT molecular complexity index is 868. The molecule has 0 saturated heterocycles. The Morgan fingerprint density at radius 2 is 2.00 bits per heavy atom. The number of aromatic hydroxyl groups is 1. The summed E-state index contributed by atoms with van der Waals surface area (Å²) in [6.07, 6.45) is 1.59. The molecule has 110 valence electrons. The van der Waals surface area contributed by atoms with Gasteiger partial charge in [0.15, 0.2) is 0 Å². The normalized spacial score (nSPS) is 11.1. The van der Waals surface area contributed by atoms with Gasteiger partial charge in [-0.1, -0.05) is 30.3 Å². The number of thiophene rings is 1. The number of nitrogens with one attached hydrogen (secondary N) is 1. The van der Waals surface area contributed by atoms with Gasteiger partial charge in [-0.3, -0.25) is 4.79 Å². The number of hydrogen-bond donors (Lipinski definition) is 2. The molecule has 1 amide bonds. The third-order valence-electron chi connectivity index (χ3n) is 3.25. The number of fused-ring (bicyclic) bond motifs is 1. The lowest BCUT2D eigenvalue weighted by molar-refractivity contribution is 0.0954. The minimum absolute atomic E-state index is 0.0571. The lowest BCUT2D eigenvalue weighted by atomic mass is 10.0. The molecule has 0 bridgehead atoms. The van der Waals surface area contributed by atoms with Crippen LogP contribution in [0.2, 0.25) is 0 Å². The second-order valence-electron chi connectivity index (χ2n) is 4.83. The van der Waals surface area contributed by atoms with Crippen LogP contribution in [0, 0.1) is 6.92 Å². The molecule has 0 radical (unpaired) electrons. The largest absolute Gasteiger partial charge is 0.507 e. The predicted octanol–water partition coefficient (Wildman–Crippen LogP) is 3.68. The lowest BCUT2D eigenvalue weighted by Gasteiger charge is -2.07. The van der Waals surface area contributed by atoms with E-state index in [1.165, 1.54) is 10.9 Å². The molecule has 2 N–H and O–H groups in total. The van der Waals surface area contributed by atoms with E-state index < -0.39 is 5.91 Å². The summed E-state index contributed by atoms with van der Waals surface area (Å²) < 4.78 is 0. The first-order chi connectivity index (χ1) is 10.6. The molecule has 3 aromatic rings. The van der Waals surface area contributed by atoms with Crippen molar-refractivity contribution in [2.75, 3.05) is 0 Å². The molecular weight excluding hydrogens is 296 g/mol. The highest BCUT2D eigenvalue weighted by Gasteiger charge is 2.14. The van der Waals surface area contributed by atoms with Crippen molar-refractivity contribution in [2.24, 2.45) is 5.10 Å². The molecule has 0 spiro atoms. The minimum atomic E-state index is -0.432. The van der Waals surface area contributed by atoms with Gasteiger partial charge in [-0.2, -0.15) is 5.10 Å². The third kappa shape index (κ3) is 2.84. The number of phenolic OH excluding ortho intramolecular Hbond substituents is 1. The molecule has 4 nitrogen and oxygen atoms in total. The van der Waals surface area contributed by atoms with Crippen molar-refractivity contribution in [1.29, 1.82) is 0 Å². The third-order valence-corrected chi connectivity index (χ3v) is 4.19. The maximum absolute atomic E-state index is 12.3. The molecule has 0 aliphatic rings. The van der Waals surface area contributed by atoms with Crippen molar-refractivity contribution < 1.29 is 9.90 Å². The SMILES string of the molecule is Cc1ccc(/C=N/NC(=O)c2c(O)ccc3ccccc23)s1. The molecule has 1 heterocycles. The van der Waals surface area contributed by atoms with Crippen LogP contribution in [-0.2, 0) is 0 Å². The van der Waals surface area contributed by atoms with Crippen molar-refractivity contribution in [3.8, 4) is 5.75 Å². The summed E-state index contributed by atoms with van der Waals surface area (Å²) in [5.41, 5.74) is 2.70. The zero-order valence-corrected chi connectivity index (χ0v) is 12.7. The van der Waals surface area contributed by atoms with E-state index in [-0.39, 0.29) is 11.3 Å². The van der Waals surface area contributed by atoms with Crippen LogP contribution < -0.4 is 5.43 Å². The van der Waals surface area contributed by atoms with E-state index in [1.54, 1.807) is 29.7 Å². The van der Waals surface area contributed by atoms with Crippen LogP contribution >= 0.6 is 11.3 Å². The number of phenols is 1. The zero-order chi connectivity index (χ0) is 15.5. The first kappa shape index (κ1) is 14.3. The molecule has 2 aromatic carbocycles. The van der Waals surface area contributed by atoms with E-state index in [1.807, 2.05) is 37.3 Å². The number of hydrogen-bond acceptors (Lipinski definition) is 4. The van der Waals surface area contributed by atoms with Crippen molar-refractivity contribution >= 4 is 34.2 Å². The van der Waals surface area contributed by atoms with Crippen molar-refractivity contribution in [2.45, 2.75) is 6.92 Å². The highest BCUT2D eigenvalue weighted by Crippen LogP contribution is 2.26. The number of carbonyl (C=O) groups excluding carboxylic acids is 1. The average Bonchev–Trinajstić information content (AvgIpc) is 2.92. The van der Waals surface area contributed by atoms with E-state index in [0.717, 1.165) is 10.3 Å². The molecule has 0 saturated carbocycles. The van der Waals surface area contributed by atoms with Gasteiger partial charge in [0.25, 0.3) is 5.91 Å². The fourth-order valence-corrected chi connectivity index (χ4v) is 2.98. The molecule has 0 aliphatic carbocycles. The zero-order valence-electron chi connectivity index (χ0n) is 11.9. The van der Waals surface area contributed by atoms with Crippen molar-refractivity contribution in [1.82, 2.24) is 5.43 Å². The summed E-state index contributed by atoms with van der Waals surface area (Å²) in [6, 6.07) is 14.6. The molecule has 0 fully saturated rings. The molecule has 0 unspecified atom stereocenters. The Labute approximate surface area is 131 Å². The number of aryl methyl sites for hydroxylation is 1. The predicted molar refractivity (Wildman–Crippen MR) is 89.7 cm³/mol. The summed E-state index contributed by atoms with van der Waals surface area (Å²) in [4.78, 5) is 14.4. The molecule has 22 heavy (non-hydrogen) atoms. The monoisotopic (exact) mass is 310 g/mol. The lowest BCUT2D eigenvalue weighted by Crippen LogP contribution is -2.18. The quantitative estimate of drug-likeness (QED) is 0.572. The fraction of sp³-hybridized carbons (Fsp3) is 0.0588. The summed E-state index contributed by atoms with van der Waals surface area (Å²) in [6.45, 7) is 2.01. The highest BCUT2D eigenvalue weighted by atomic mass is 32.1. The summed E-state index contributed by atoms with van der Waals surface area (Å²) >= 11 is 1.59. The van der Waals surface area contributed by atoms with Crippen LogP contribution in [0.1, 0.15) is 20.1 Å².